The third-order valence-electron chi connectivity index (χ3n) is 4.29. The highest BCUT2D eigenvalue weighted by molar-refractivity contribution is 5.86. The Bertz CT molecular complexity index is 430. The minimum absolute atomic E-state index is 0.0369. The molecule has 1 atom stereocenters. The zero-order valence-corrected chi connectivity index (χ0v) is 11.0. The molecule has 2 saturated carbocycles. The number of carboxylic acid groups (broad SMARTS) is 1. The van der Waals surface area contributed by atoms with Crippen molar-refractivity contribution in [1.29, 1.82) is 0 Å². The maximum atomic E-state index is 12.7. The van der Waals surface area contributed by atoms with Gasteiger partial charge in [0.25, 0.3) is 0 Å². The minimum Gasteiger partial charge on any atom is -0.479 e. The lowest BCUT2D eigenvalue weighted by Crippen LogP contribution is -2.63. The molecular formula is C12H17F3N2O3. The quantitative estimate of drug-likeness (QED) is 0.724. The molecule has 2 aliphatic carbocycles. The van der Waals surface area contributed by atoms with E-state index < -0.39 is 23.7 Å². The molecule has 2 fully saturated rings. The highest BCUT2D eigenvalue weighted by Crippen LogP contribution is 2.60. The Kier molecular flexibility index (Phi) is 3.38. The number of aliphatic carboxylic acids is 1. The Balaban J connectivity index is 1.90. The molecule has 2 aliphatic rings. The van der Waals surface area contributed by atoms with Crippen molar-refractivity contribution in [3.05, 3.63) is 0 Å². The zero-order chi connectivity index (χ0) is 15.2. The van der Waals surface area contributed by atoms with Gasteiger partial charge < -0.3 is 15.7 Å². The first kappa shape index (κ1) is 14.9. The number of carbonyl (C=O) groups excluding carboxylic acids is 1. The van der Waals surface area contributed by atoms with Gasteiger partial charge >= 0.3 is 18.2 Å². The lowest BCUT2D eigenvalue weighted by molar-refractivity contribution is -0.203. The van der Waals surface area contributed by atoms with E-state index in [9.17, 15) is 22.8 Å². The average Bonchev–Trinajstić information content (AvgIpc) is 3.15. The van der Waals surface area contributed by atoms with Crippen LogP contribution in [-0.2, 0) is 4.79 Å². The summed E-state index contributed by atoms with van der Waals surface area (Å²) in [4.78, 5) is 22.3. The third-order valence-corrected chi connectivity index (χ3v) is 4.29. The lowest BCUT2D eigenvalue weighted by atomic mass is 10.0. The molecule has 0 saturated heterocycles. The van der Waals surface area contributed by atoms with Gasteiger partial charge in [-0.1, -0.05) is 0 Å². The molecule has 0 aromatic rings. The van der Waals surface area contributed by atoms with Crippen LogP contribution in [-0.4, -0.2) is 35.4 Å². The first-order valence-corrected chi connectivity index (χ1v) is 6.47. The minimum atomic E-state index is -5.07. The molecule has 0 aromatic carbocycles. The Morgan fingerprint density at radius 2 is 1.85 bits per heavy atom. The molecule has 3 N–H and O–H groups in total. The number of hydrogen-bond acceptors (Lipinski definition) is 2. The van der Waals surface area contributed by atoms with Crippen LogP contribution in [0.4, 0.5) is 18.0 Å². The molecule has 20 heavy (non-hydrogen) atoms. The van der Waals surface area contributed by atoms with Crippen LogP contribution < -0.4 is 10.6 Å². The van der Waals surface area contributed by atoms with E-state index in [1.807, 2.05) is 0 Å². The van der Waals surface area contributed by atoms with Crippen LogP contribution >= 0.6 is 0 Å². The SMILES string of the molecule is CC(NC(=O)NCC1(C2CC2)CC1)(C(=O)O)C(F)(F)F. The second-order valence-electron chi connectivity index (χ2n) is 5.87. The zero-order valence-electron chi connectivity index (χ0n) is 11.0. The summed E-state index contributed by atoms with van der Waals surface area (Å²) >= 11 is 0. The average molecular weight is 294 g/mol. The standard InChI is InChI=1S/C12H17F3N2O3/c1-10(8(18)19,12(13,14)15)17-9(20)16-6-11(4-5-11)7-2-3-7/h7H,2-6H2,1H3,(H,18,19)(H2,16,17,20). The summed E-state index contributed by atoms with van der Waals surface area (Å²) in [5, 5.41) is 12.6. The Labute approximate surface area is 113 Å². The smallest absolute Gasteiger partial charge is 0.422 e. The van der Waals surface area contributed by atoms with Gasteiger partial charge in [-0.25, -0.2) is 9.59 Å². The van der Waals surface area contributed by atoms with Crippen molar-refractivity contribution in [2.45, 2.75) is 44.3 Å². The van der Waals surface area contributed by atoms with Gasteiger partial charge in [-0.3, -0.25) is 0 Å². The molecule has 114 valence electrons. The number of carbonyl (C=O) groups is 2. The van der Waals surface area contributed by atoms with E-state index in [4.69, 9.17) is 5.11 Å². The van der Waals surface area contributed by atoms with Crippen LogP contribution in [0.15, 0.2) is 0 Å². The van der Waals surface area contributed by atoms with Crippen LogP contribution in [0.2, 0.25) is 0 Å². The second-order valence-corrected chi connectivity index (χ2v) is 5.87. The molecule has 5 nitrogen and oxygen atoms in total. The van der Waals surface area contributed by atoms with Crippen molar-refractivity contribution >= 4 is 12.0 Å². The number of nitrogens with one attached hydrogen (secondary N) is 2. The molecule has 0 heterocycles. The molecule has 2 rings (SSSR count). The fourth-order valence-corrected chi connectivity index (χ4v) is 2.36. The van der Waals surface area contributed by atoms with E-state index in [2.05, 4.69) is 5.32 Å². The topological polar surface area (TPSA) is 78.4 Å². The largest absolute Gasteiger partial charge is 0.479 e. The van der Waals surface area contributed by atoms with Crippen molar-refractivity contribution in [2.24, 2.45) is 11.3 Å². The third kappa shape index (κ3) is 2.69. The molecule has 1 unspecified atom stereocenters. The van der Waals surface area contributed by atoms with Gasteiger partial charge in [0.05, 0.1) is 0 Å². The van der Waals surface area contributed by atoms with E-state index in [1.165, 1.54) is 5.32 Å². The summed E-state index contributed by atoms with van der Waals surface area (Å²) < 4.78 is 38.2. The van der Waals surface area contributed by atoms with Gasteiger partial charge in [0.15, 0.2) is 0 Å². The molecule has 8 heteroatoms. The van der Waals surface area contributed by atoms with E-state index in [-0.39, 0.29) is 5.41 Å². The summed E-state index contributed by atoms with van der Waals surface area (Å²) in [7, 11) is 0. The number of halogens is 3. The first-order chi connectivity index (χ1) is 9.11. The number of alkyl halides is 3. The van der Waals surface area contributed by atoms with Gasteiger partial charge in [-0.05, 0) is 43.9 Å². The Morgan fingerprint density at radius 3 is 2.20 bits per heavy atom. The number of rotatable bonds is 5. The Hall–Kier alpha value is -1.47. The van der Waals surface area contributed by atoms with Crippen LogP contribution in [0.25, 0.3) is 0 Å². The normalized spacial score (nSPS) is 23.6. The fraction of sp³-hybridized carbons (Fsp3) is 0.833. The predicted octanol–water partition coefficient (Wildman–Crippen LogP) is 1.88. The van der Waals surface area contributed by atoms with Crippen molar-refractivity contribution in [3.63, 3.8) is 0 Å². The van der Waals surface area contributed by atoms with E-state index in [0.29, 0.717) is 19.4 Å². The second kappa shape index (κ2) is 4.53. The molecule has 0 spiro atoms. The van der Waals surface area contributed by atoms with Gasteiger partial charge in [0.2, 0.25) is 5.54 Å². The van der Waals surface area contributed by atoms with Crippen LogP contribution in [0, 0.1) is 11.3 Å². The van der Waals surface area contributed by atoms with Crippen molar-refractivity contribution in [1.82, 2.24) is 10.6 Å². The summed E-state index contributed by atoms with van der Waals surface area (Å²) in [6.45, 7) is 0.736. The number of amides is 2. The number of urea groups is 1. The maximum absolute atomic E-state index is 12.7. The molecule has 2 amide bonds. The van der Waals surface area contributed by atoms with Crippen molar-refractivity contribution in [2.75, 3.05) is 6.54 Å². The van der Waals surface area contributed by atoms with Gasteiger partial charge in [-0.2, -0.15) is 13.2 Å². The highest BCUT2D eigenvalue weighted by atomic mass is 19.4. The Morgan fingerprint density at radius 1 is 1.30 bits per heavy atom. The van der Waals surface area contributed by atoms with Crippen molar-refractivity contribution in [3.8, 4) is 0 Å². The van der Waals surface area contributed by atoms with Gasteiger partial charge in [-0.15, -0.1) is 0 Å². The fourth-order valence-electron chi connectivity index (χ4n) is 2.36. The van der Waals surface area contributed by atoms with Gasteiger partial charge in [0, 0.05) is 6.54 Å². The maximum Gasteiger partial charge on any atom is 0.422 e. The molecule has 0 aliphatic heterocycles. The van der Waals surface area contributed by atoms with Crippen molar-refractivity contribution < 1.29 is 27.9 Å². The summed E-state index contributed by atoms with van der Waals surface area (Å²) in [5.74, 6) is -1.58. The van der Waals surface area contributed by atoms with Crippen LogP contribution in [0.3, 0.4) is 0 Å². The van der Waals surface area contributed by atoms with Gasteiger partial charge in [0.1, 0.15) is 0 Å². The number of hydrogen-bond donors (Lipinski definition) is 3. The van der Waals surface area contributed by atoms with E-state index in [0.717, 1.165) is 25.7 Å². The monoisotopic (exact) mass is 294 g/mol. The molecule has 0 bridgehead atoms. The lowest BCUT2D eigenvalue weighted by Gasteiger charge is -2.29. The van der Waals surface area contributed by atoms with Crippen LogP contribution in [0.5, 0.6) is 0 Å². The molecule has 0 aromatic heterocycles. The van der Waals surface area contributed by atoms with E-state index >= 15 is 0 Å². The highest BCUT2D eigenvalue weighted by Gasteiger charge is 2.59. The van der Waals surface area contributed by atoms with E-state index in [1.54, 1.807) is 0 Å². The summed E-state index contributed by atoms with van der Waals surface area (Å²) in [5.41, 5.74) is -3.25. The molecule has 0 radical (unpaired) electrons. The van der Waals surface area contributed by atoms with Crippen LogP contribution in [0.1, 0.15) is 32.6 Å². The predicted molar refractivity (Wildman–Crippen MR) is 63.0 cm³/mol. The summed E-state index contributed by atoms with van der Waals surface area (Å²) in [6.07, 6.45) is -0.942. The summed E-state index contributed by atoms with van der Waals surface area (Å²) in [6, 6.07) is -1.10. The molecular weight excluding hydrogens is 277 g/mol. The number of carboxylic acids is 1. The first-order valence-electron chi connectivity index (χ1n) is 6.47.